The van der Waals surface area contributed by atoms with Crippen molar-refractivity contribution in [2.75, 3.05) is 26.4 Å². The van der Waals surface area contributed by atoms with E-state index in [0.717, 1.165) is 24.4 Å². The van der Waals surface area contributed by atoms with Gasteiger partial charge in [0, 0.05) is 19.1 Å². The molecule has 116 valence electrons. The molecule has 1 aromatic rings. The third-order valence-corrected chi connectivity index (χ3v) is 4.55. The summed E-state index contributed by atoms with van der Waals surface area (Å²) in [6.07, 6.45) is 4.05. The lowest BCUT2D eigenvalue weighted by Gasteiger charge is -2.32. The summed E-state index contributed by atoms with van der Waals surface area (Å²) in [5.74, 6) is 1.42. The van der Waals surface area contributed by atoms with E-state index in [1.807, 2.05) is 12.1 Å². The van der Waals surface area contributed by atoms with E-state index in [9.17, 15) is 0 Å². The summed E-state index contributed by atoms with van der Waals surface area (Å²) in [5.41, 5.74) is 1.13. The Morgan fingerprint density at radius 2 is 2.05 bits per heavy atom. The standard InChI is InChI=1S/C16H23ClN2O2/c1-12(19-5-3-2-4-6-19)9-18-10-13-7-14(17)16-15(8-13)20-11-21-16/h7-8,12,18H,2-6,9-11H2,1H3. The normalized spacial score (nSPS) is 19.7. The molecule has 1 N–H and O–H groups in total. The molecule has 3 rings (SSSR count). The molecule has 1 aromatic carbocycles. The number of ether oxygens (including phenoxy) is 2. The van der Waals surface area contributed by atoms with Crippen molar-refractivity contribution < 1.29 is 9.47 Å². The number of nitrogens with zero attached hydrogens (tertiary/aromatic N) is 1. The third-order valence-electron chi connectivity index (χ3n) is 4.27. The van der Waals surface area contributed by atoms with Crippen LogP contribution < -0.4 is 14.8 Å². The monoisotopic (exact) mass is 310 g/mol. The fourth-order valence-electron chi connectivity index (χ4n) is 3.04. The number of hydrogen-bond donors (Lipinski definition) is 1. The first-order valence-corrected chi connectivity index (χ1v) is 8.14. The summed E-state index contributed by atoms with van der Waals surface area (Å²) in [6.45, 7) is 6.82. The van der Waals surface area contributed by atoms with E-state index in [0.29, 0.717) is 16.8 Å². The minimum atomic E-state index is 0.262. The molecule has 0 aromatic heterocycles. The van der Waals surface area contributed by atoms with E-state index in [2.05, 4.69) is 17.1 Å². The first-order valence-electron chi connectivity index (χ1n) is 7.77. The molecule has 0 saturated carbocycles. The van der Waals surface area contributed by atoms with Gasteiger partial charge in [0.25, 0.3) is 0 Å². The summed E-state index contributed by atoms with van der Waals surface area (Å²) < 4.78 is 10.7. The van der Waals surface area contributed by atoms with Gasteiger partial charge in [0.05, 0.1) is 5.02 Å². The van der Waals surface area contributed by atoms with Gasteiger partial charge in [-0.3, -0.25) is 4.90 Å². The number of piperidine rings is 1. The summed E-state index contributed by atoms with van der Waals surface area (Å²) >= 11 is 6.20. The van der Waals surface area contributed by atoms with Gasteiger partial charge in [-0.1, -0.05) is 18.0 Å². The van der Waals surface area contributed by atoms with Gasteiger partial charge in [0.15, 0.2) is 11.5 Å². The topological polar surface area (TPSA) is 33.7 Å². The highest BCUT2D eigenvalue weighted by molar-refractivity contribution is 6.32. The fraction of sp³-hybridized carbons (Fsp3) is 0.625. The Hall–Kier alpha value is -0.970. The van der Waals surface area contributed by atoms with Crippen LogP contribution >= 0.6 is 11.6 Å². The van der Waals surface area contributed by atoms with Gasteiger partial charge >= 0.3 is 0 Å². The van der Waals surface area contributed by atoms with Crippen molar-refractivity contribution in [2.24, 2.45) is 0 Å². The molecule has 1 fully saturated rings. The molecule has 2 aliphatic heterocycles. The number of nitrogens with one attached hydrogen (secondary N) is 1. The van der Waals surface area contributed by atoms with E-state index >= 15 is 0 Å². The summed E-state index contributed by atoms with van der Waals surface area (Å²) in [5, 5.41) is 4.15. The van der Waals surface area contributed by atoms with Gasteiger partial charge in [0.1, 0.15) is 0 Å². The molecule has 1 unspecified atom stereocenters. The highest BCUT2D eigenvalue weighted by atomic mass is 35.5. The van der Waals surface area contributed by atoms with Crippen LogP contribution in [0.5, 0.6) is 11.5 Å². The molecule has 0 amide bonds. The number of hydrogen-bond acceptors (Lipinski definition) is 4. The molecule has 5 heteroatoms. The Labute approximate surface area is 131 Å². The Morgan fingerprint density at radius 1 is 1.24 bits per heavy atom. The van der Waals surface area contributed by atoms with Gasteiger partial charge in [-0.25, -0.2) is 0 Å². The number of fused-ring (bicyclic) bond motifs is 1. The molecule has 2 aliphatic rings. The van der Waals surface area contributed by atoms with Crippen molar-refractivity contribution in [1.82, 2.24) is 10.2 Å². The molecule has 1 atom stereocenters. The Bertz CT molecular complexity index is 489. The van der Waals surface area contributed by atoms with Crippen LogP contribution in [-0.4, -0.2) is 37.4 Å². The van der Waals surface area contributed by atoms with Gasteiger partial charge in [-0.05, 0) is 50.6 Å². The smallest absolute Gasteiger partial charge is 0.231 e. The predicted molar refractivity (Wildman–Crippen MR) is 84.2 cm³/mol. The molecule has 1 saturated heterocycles. The fourth-order valence-corrected chi connectivity index (χ4v) is 3.32. The average molecular weight is 311 g/mol. The van der Waals surface area contributed by atoms with Gasteiger partial charge in [-0.2, -0.15) is 0 Å². The first-order chi connectivity index (χ1) is 10.2. The van der Waals surface area contributed by atoms with Crippen LogP contribution in [0.1, 0.15) is 31.7 Å². The van der Waals surface area contributed by atoms with Crippen molar-refractivity contribution in [1.29, 1.82) is 0 Å². The van der Waals surface area contributed by atoms with E-state index in [4.69, 9.17) is 21.1 Å². The van der Waals surface area contributed by atoms with Crippen molar-refractivity contribution in [2.45, 2.75) is 38.8 Å². The summed E-state index contributed by atoms with van der Waals surface area (Å²) in [4.78, 5) is 2.57. The third kappa shape index (κ3) is 3.62. The van der Waals surface area contributed by atoms with Crippen molar-refractivity contribution in [3.63, 3.8) is 0 Å². The lowest BCUT2D eigenvalue weighted by atomic mass is 10.1. The van der Waals surface area contributed by atoms with Crippen LogP contribution in [0.3, 0.4) is 0 Å². The Kier molecular flexibility index (Phi) is 4.88. The van der Waals surface area contributed by atoms with Gasteiger partial charge in [-0.15, -0.1) is 0 Å². The second-order valence-electron chi connectivity index (χ2n) is 5.89. The molecule has 4 nitrogen and oxygen atoms in total. The van der Waals surface area contributed by atoms with Crippen LogP contribution in [0.25, 0.3) is 0 Å². The maximum Gasteiger partial charge on any atom is 0.231 e. The number of rotatable bonds is 5. The van der Waals surface area contributed by atoms with Crippen LogP contribution in [0.2, 0.25) is 5.02 Å². The second-order valence-corrected chi connectivity index (χ2v) is 6.30. The minimum absolute atomic E-state index is 0.262. The lowest BCUT2D eigenvalue weighted by molar-refractivity contribution is 0.170. The maximum absolute atomic E-state index is 6.20. The van der Waals surface area contributed by atoms with Crippen LogP contribution in [0.15, 0.2) is 12.1 Å². The molecule has 21 heavy (non-hydrogen) atoms. The molecular weight excluding hydrogens is 288 g/mol. The zero-order chi connectivity index (χ0) is 14.7. The first kappa shape index (κ1) is 14.9. The van der Waals surface area contributed by atoms with E-state index in [1.54, 1.807) is 0 Å². The highest BCUT2D eigenvalue weighted by Crippen LogP contribution is 2.39. The van der Waals surface area contributed by atoms with Crippen molar-refractivity contribution in [3.8, 4) is 11.5 Å². The molecule has 0 spiro atoms. The van der Waals surface area contributed by atoms with Crippen molar-refractivity contribution >= 4 is 11.6 Å². The molecular formula is C16H23ClN2O2. The van der Waals surface area contributed by atoms with E-state index in [-0.39, 0.29) is 6.79 Å². The van der Waals surface area contributed by atoms with Crippen LogP contribution in [0.4, 0.5) is 0 Å². The lowest BCUT2D eigenvalue weighted by Crippen LogP contribution is -2.42. The maximum atomic E-state index is 6.20. The predicted octanol–water partition coefficient (Wildman–Crippen LogP) is 3.03. The van der Waals surface area contributed by atoms with E-state index in [1.165, 1.54) is 32.4 Å². The van der Waals surface area contributed by atoms with Gasteiger partial charge < -0.3 is 14.8 Å². The van der Waals surface area contributed by atoms with Crippen LogP contribution in [-0.2, 0) is 6.54 Å². The minimum Gasteiger partial charge on any atom is -0.454 e. The number of benzene rings is 1. The number of halogens is 1. The SMILES string of the molecule is CC(CNCc1cc(Cl)c2c(c1)OCO2)N1CCCCC1. The molecule has 0 radical (unpaired) electrons. The zero-order valence-corrected chi connectivity index (χ0v) is 13.3. The average Bonchev–Trinajstić information content (AvgIpc) is 2.97. The summed E-state index contributed by atoms with van der Waals surface area (Å²) in [6, 6.07) is 4.54. The zero-order valence-electron chi connectivity index (χ0n) is 12.5. The van der Waals surface area contributed by atoms with Gasteiger partial charge in [0.2, 0.25) is 6.79 Å². The highest BCUT2D eigenvalue weighted by Gasteiger charge is 2.19. The Morgan fingerprint density at radius 3 is 2.86 bits per heavy atom. The molecule has 0 bridgehead atoms. The summed E-state index contributed by atoms with van der Waals surface area (Å²) in [7, 11) is 0. The quantitative estimate of drug-likeness (QED) is 0.906. The second kappa shape index (κ2) is 6.86. The molecule has 2 heterocycles. The van der Waals surface area contributed by atoms with E-state index < -0.39 is 0 Å². The number of likely N-dealkylation sites (tertiary alicyclic amines) is 1. The largest absolute Gasteiger partial charge is 0.454 e. The Balaban J connectivity index is 1.50. The van der Waals surface area contributed by atoms with Crippen LogP contribution in [0, 0.1) is 0 Å². The molecule has 0 aliphatic carbocycles. The van der Waals surface area contributed by atoms with Crippen molar-refractivity contribution in [3.05, 3.63) is 22.7 Å².